The number of rotatable bonds is 9. The number of methoxy groups -OCH3 is 2. The van der Waals surface area contributed by atoms with Crippen molar-refractivity contribution in [1.29, 1.82) is 0 Å². The Labute approximate surface area is 159 Å². The number of benzene rings is 1. The number of hydrazine groups is 1. The second kappa shape index (κ2) is 11.2. The lowest BCUT2D eigenvalue weighted by atomic mass is 9.98. The van der Waals surface area contributed by atoms with Crippen LogP contribution in [0.1, 0.15) is 49.5 Å². The first-order valence-electron chi connectivity index (χ1n) is 8.58. The molecule has 0 saturated heterocycles. The molecule has 1 aromatic rings. The highest BCUT2D eigenvalue weighted by molar-refractivity contribution is 5.98. The summed E-state index contributed by atoms with van der Waals surface area (Å²) in [7, 11) is 3.00. The molecule has 0 unspecified atom stereocenters. The summed E-state index contributed by atoms with van der Waals surface area (Å²) in [6.07, 6.45) is 0. The molecule has 3 amide bonds. The van der Waals surface area contributed by atoms with Crippen LogP contribution in [0, 0.1) is 0 Å². The zero-order valence-corrected chi connectivity index (χ0v) is 16.7. The monoisotopic (exact) mass is 383 g/mol. The SMILES string of the molecule is COCOc1cc(OCOC)c(C(C)C)cc1C(=O)NNC(=O)NC(C)C. The van der Waals surface area contributed by atoms with Crippen LogP contribution in [-0.4, -0.2) is 45.8 Å². The fourth-order valence-electron chi connectivity index (χ4n) is 2.17. The minimum absolute atomic E-state index is 0.0493. The van der Waals surface area contributed by atoms with E-state index in [-0.39, 0.29) is 36.9 Å². The van der Waals surface area contributed by atoms with Gasteiger partial charge < -0.3 is 24.3 Å². The fourth-order valence-corrected chi connectivity index (χ4v) is 2.17. The van der Waals surface area contributed by atoms with Crippen molar-refractivity contribution in [3.05, 3.63) is 23.3 Å². The normalized spacial score (nSPS) is 10.7. The van der Waals surface area contributed by atoms with E-state index in [0.717, 1.165) is 5.56 Å². The van der Waals surface area contributed by atoms with E-state index in [4.69, 9.17) is 18.9 Å². The van der Waals surface area contributed by atoms with Crippen molar-refractivity contribution in [2.45, 2.75) is 39.7 Å². The summed E-state index contributed by atoms with van der Waals surface area (Å²) < 4.78 is 21.0. The van der Waals surface area contributed by atoms with Gasteiger partial charge in [-0.2, -0.15) is 0 Å². The van der Waals surface area contributed by atoms with Crippen molar-refractivity contribution < 1.29 is 28.5 Å². The molecule has 9 heteroatoms. The smallest absolute Gasteiger partial charge is 0.333 e. The first-order chi connectivity index (χ1) is 12.8. The van der Waals surface area contributed by atoms with Crippen LogP contribution in [0.3, 0.4) is 0 Å². The maximum absolute atomic E-state index is 12.6. The minimum atomic E-state index is -0.528. The Morgan fingerprint density at radius 1 is 0.926 bits per heavy atom. The number of nitrogens with one attached hydrogen (secondary N) is 3. The lowest BCUT2D eigenvalue weighted by Crippen LogP contribution is -2.48. The van der Waals surface area contributed by atoms with Crippen molar-refractivity contribution in [2.24, 2.45) is 0 Å². The maximum Gasteiger partial charge on any atom is 0.333 e. The lowest BCUT2D eigenvalue weighted by molar-refractivity contribution is 0.0449. The quantitative estimate of drug-likeness (QED) is 0.445. The highest BCUT2D eigenvalue weighted by Crippen LogP contribution is 2.34. The molecule has 27 heavy (non-hydrogen) atoms. The van der Waals surface area contributed by atoms with Crippen LogP contribution in [0.15, 0.2) is 12.1 Å². The van der Waals surface area contributed by atoms with Crippen LogP contribution in [0.2, 0.25) is 0 Å². The predicted octanol–water partition coefficient (Wildman–Crippen LogP) is 2.13. The number of carbonyl (C=O) groups is 2. The van der Waals surface area contributed by atoms with E-state index in [9.17, 15) is 9.59 Å². The van der Waals surface area contributed by atoms with Gasteiger partial charge in [0.1, 0.15) is 11.5 Å². The topological polar surface area (TPSA) is 107 Å². The molecule has 0 bridgehead atoms. The van der Waals surface area contributed by atoms with Crippen LogP contribution >= 0.6 is 0 Å². The number of carbonyl (C=O) groups excluding carboxylic acids is 2. The predicted molar refractivity (Wildman–Crippen MR) is 99.8 cm³/mol. The molecule has 0 aliphatic carbocycles. The Hall–Kier alpha value is -2.52. The molecular weight excluding hydrogens is 354 g/mol. The molecular formula is C18H29N3O6. The Morgan fingerprint density at radius 2 is 1.52 bits per heavy atom. The summed E-state index contributed by atoms with van der Waals surface area (Å²) >= 11 is 0. The van der Waals surface area contributed by atoms with E-state index >= 15 is 0 Å². The zero-order valence-electron chi connectivity index (χ0n) is 16.7. The van der Waals surface area contributed by atoms with Crippen LogP contribution < -0.4 is 25.6 Å². The van der Waals surface area contributed by atoms with E-state index in [1.54, 1.807) is 12.1 Å². The Balaban J connectivity index is 3.11. The van der Waals surface area contributed by atoms with Crippen molar-refractivity contribution in [1.82, 2.24) is 16.2 Å². The molecule has 152 valence electrons. The largest absolute Gasteiger partial charge is 0.467 e. The van der Waals surface area contributed by atoms with Gasteiger partial charge in [-0.15, -0.1) is 0 Å². The molecule has 0 aromatic heterocycles. The molecule has 0 heterocycles. The second-order valence-corrected chi connectivity index (χ2v) is 6.35. The molecule has 1 rings (SSSR count). The van der Waals surface area contributed by atoms with Gasteiger partial charge in [-0.3, -0.25) is 10.2 Å². The highest BCUT2D eigenvalue weighted by atomic mass is 16.7. The standard InChI is InChI=1S/C18H29N3O6/c1-11(2)13-7-14(17(22)20-21-18(23)19-12(3)4)16(27-10-25-6)8-15(13)26-9-24-5/h7-8,11-12H,9-10H2,1-6H3,(H,20,22)(H2,19,21,23). The summed E-state index contributed by atoms with van der Waals surface area (Å²) in [6.45, 7) is 7.58. The summed E-state index contributed by atoms with van der Waals surface area (Å²) in [5, 5.41) is 2.61. The fraction of sp³-hybridized carbons (Fsp3) is 0.556. The molecule has 0 saturated carbocycles. The highest BCUT2D eigenvalue weighted by Gasteiger charge is 2.20. The third-order valence-electron chi connectivity index (χ3n) is 3.35. The van der Waals surface area contributed by atoms with Crippen molar-refractivity contribution >= 4 is 11.9 Å². The zero-order chi connectivity index (χ0) is 20.4. The van der Waals surface area contributed by atoms with Gasteiger partial charge in [-0.25, -0.2) is 10.2 Å². The average molecular weight is 383 g/mol. The first kappa shape index (κ1) is 22.5. The van der Waals surface area contributed by atoms with Gasteiger partial charge in [-0.05, 0) is 31.4 Å². The van der Waals surface area contributed by atoms with Gasteiger partial charge in [0, 0.05) is 26.3 Å². The molecule has 0 fully saturated rings. The van der Waals surface area contributed by atoms with E-state index in [1.165, 1.54) is 14.2 Å². The number of hydrogen-bond donors (Lipinski definition) is 3. The van der Waals surface area contributed by atoms with Crippen molar-refractivity contribution in [2.75, 3.05) is 27.8 Å². The van der Waals surface area contributed by atoms with Gasteiger partial charge in [0.2, 0.25) is 0 Å². The second-order valence-electron chi connectivity index (χ2n) is 6.35. The maximum atomic E-state index is 12.6. The first-order valence-corrected chi connectivity index (χ1v) is 8.58. The molecule has 9 nitrogen and oxygen atoms in total. The number of urea groups is 1. The van der Waals surface area contributed by atoms with Crippen LogP contribution in [0.5, 0.6) is 11.5 Å². The molecule has 0 aliphatic rings. The summed E-state index contributed by atoms with van der Waals surface area (Å²) in [5.41, 5.74) is 5.71. The van der Waals surface area contributed by atoms with Crippen molar-refractivity contribution in [3.8, 4) is 11.5 Å². The number of ether oxygens (including phenoxy) is 4. The Kier molecular flexibility index (Phi) is 9.38. The van der Waals surface area contributed by atoms with E-state index < -0.39 is 11.9 Å². The van der Waals surface area contributed by atoms with Gasteiger partial charge in [0.15, 0.2) is 13.6 Å². The van der Waals surface area contributed by atoms with Crippen molar-refractivity contribution in [3.63, 3.8) is 0 Å². The van der Waals surface area contributed by atoms with Crippen LogP contribution in [0.25, 0.3) is 0 Å². The third-order valence-corrected chi connectivity index (χ3v) is 3.35. The minimum Gasteiger partial charge on any atom is -0.467 e. The molecule has 0 atom stereocenters. The Morgan fingerprint density at radius 3 is 2.04 bits per heavy atom. The van der Waals surface area contributed by atoms with Gasteiger partial charge in [0.05, 0.1) is 5.56 Å². The molecule has 0 radical (unpaired) electrons. The number of hydrogen-bond acceptors (Lipinski definition) is 6. The average Bonchev–Trinajstić information content (AvgIpc) is 2.61. The Bertz CT molecular complexity index is 634. The summed E-state index contributed by atoms with van der Waals surface area (Å²) in [6, 6.07) is 2.70. The summed E-state index contributed by atoms with van der Waals surface area (Å²) in [5.74, 6) is 0.355. The molecule has 1 aromatic carbocycles. The van der Waals surface area contributed by atoms with Gasteiger partial charge >= 0.3 is 6.03 Å². The van der Waals surface area contributed by atoms with Gasteiger partial charge in [-0.1, -0.05) is 13.8 Å². The molecule has 0 aliphatic heterocycles. The van der Waals surface area contributed by atoms with Crippen LogP contribution in [0.4, 0.5) is 4.79 Å². The van der Waals surface area contributed by atoms with Crippen LogP contribution in [-0.2, 0) is 9.47 Å². The van der Waals surface area contributed by atoms with Gasteiger partial charge in [0.25, 0.3) is 5.91 Å². The summed E-state index contributed by atoms with van der Waals surface area (Å²) in [4.78, 5) is 24.3. The number of amides is 3. The van der Waals surface area contributed by atoms with E-state index in [2.05, 4.69) is 16.2 Å². The third kappa shape index (κ3) is 7.32. The lowest BCUT2D eigenvalue weighted by Gasteiger charge is -2.19. The molecule has 0 spiro atoms. The molecule has 3 N–H and O–H groups in total. The van der Waals surface area contributed by atoms with E-state index in [1.807, 2.05) is 27.7 Å². The van der Waals surface area contributed by atoms with E-state index in [0.29, 0.717) is 5.75 Å².